The van der Waals surface area contributed by atoms with Crippen molar-refractivity contribution < 1.29 is 9.90 Å². The molecule has 112 valence electrons. The van der Waals surface area contributed by atoms with Gasteiger partial charge in [0.25, 0.3) is 0 Å². The summed E-state index contributed by atoms with van der Waals surface area (Å²) in [6, 6.07) is 13.8. The monoisotopic (exact) mass is 293 g/mol. The molecule has 2 heterocycles. The van der Waals surface area contributed by atoms with Crippen molar-refractivity contribution in [3.63, 3.8) is 0 Å². The van der Waals surface area contributed by atoms with E-state index in [2.05, 4.69) is 26.0 Å². The average molecular weight is 293 g/mol. The van der Waals surface area contributed by atoms with Gasteiger partial charge in [0.15, 0.2) is 0 Å². The van der Waals surface area contributed by atoms with E-state index in [0.29, 0.717) is 11.5 Å². The van der Waals surface area contributed by atoms with Crippen LogP contribution in [0.25, 0.3) is 16.6 Å². The summed E-state index contributed by atoms with van der Waals surface area (Å²) in [6.07, 6.45) is 4.85. The Kier molecular flexibility index (Phi) is 3.72. The minimum Gasteiger partial charge on any atom is -0.478 e. The number of carboxylic acids is 1. The molecule has 0 aliphatic carbocycles. The van der Waals surface area contributed by atoms with Crippen molar-refractivity contribution in [2.45, 2.75) is 26.2 Å². The van der Waals surface area contributed by atoms with Crippen LogP contribution in [-0.4, -0.2) is 15.5 Å². The molecule has 0 aliphatic heterocycles. The van der Waals surface area contributed by atoms with Gasteiger partial charge in [-0.05, 0) is 35.6 Å². The molecule has 0 saturated heterocycles. The smallest absolute Gasteiger partial charge is 0.338 e. The number of fused-ring (bicyclic) bond motifs is 1. The first kappa shape index (κ1) is 14.4. The lowest BCUT2D eigenvalue weighted by Gasteiger charge is -2.09. The lowest BCUT2D eigenvalue weighted by Crippen LogP contribution is -1.98. The van der Waals surface area contributed by atoms with Crippen molar-refractivity contribution in [1.29, 1.82) is 0 Å². The van der Waals surface area contributed by atoms with Crippen LogP contribution < -0.4 is 0 Å². The number of hydrogen-bond acceptors (Lipinski definition) is 1. The van der Waals surface area contributed by atoms with E-state index in [-0.39, 0.29) is 0 Å². The predicted octanol–water partition coefficient (Wildman–Crippen LogP) is 4.82. The fourth-order valence-electron chi connectivity index (χ4n) is 2.79. The second kappa shape index (κ2) is 5.68. The van der Waals surface area contributed by atoms with E-state index < -0.39 is 5.97 Å². The van der Waals surface area contributed by atoms with Gasteiger partial charge < -0.3 is 9.51 Å². The van der Waals surface area contributed by atoms with Gasteiger partial charge in [-0.1, -0.05) is 44.2 Å². The molecule has 1 unspecified atom stereocenters. The number of nitrogens with zero attached hydrogens (tertiary/aromatic N) is 1. The van der Waals surface area contributed by atoms with Crippen LogP contribution in [-0.2, 0) is 0 Å². The number of carboxylic acid groups (broad SMARTS) is 1. The minimum absolute atomic E-state index is 0.358. The summed E-state index contributed by atoms with van der Waals surface area (Å²) >= 11 is 0. The van der Waals surface area contributed by atoms with Crippen molar-refractivity contribution in [3.8, 4) is 11.1 Å². The molecule has 1 N–H and O–H groups in total. The zero-order chi connectivity index (χ0) is 15.7. The summed E-state index contributed by atoms with van der Waals surface area (Å²) in [4.78, 5) is 11.7. The van der Waals surface area contributed by atoms with Crippen LogP contribution in [0.2, 0.25) is 0 Å². The molecule has 3 rings (SSSR count). The lowest BCUT2D eigenvalue weighted by atomic mass is 9.95. The summed E-state index contributed by atoms with van der Waals surface area (Å²) < 4.78 is 1.86. The predicted molar refractivity (Wildman–Crippen MR) is 88.5 cm³/mol. The Balaban J connectivity index is 2.13. The molecule has 3 nitrogen and oxygen atoms in total. The van der Waals surface area contributed by atoms with Crippen molar-refractivity contribution in [2.24, 2.45) is 0 Å². The number of carbonyl (C=O) groups is 1. The molecule has 2 aromatic heterocycles. The highest BCUT2D eigenvalue weighted by molar-refractivity contribution is 6.03. The van der Waals surface area contributed by atoms with Gasteiger partial charge >= 0.3 is 5.97 Å². The maximum absolute atomic E-state index is 11.7. The normalized spacial score (nSPS) is 12.5. The fourth-order valence-corrected chi connectivity index (χ4v) is 2.79. The maximum Gasteiger partial charge on any atom is 0.338 e. The molecule has 3 heteroatoms. The highest BCUT2D eigenvalue weighted by Gasteiger charge is 2.18. The van der Waals surface area contributed by atoms with Crippen LogP contribution in [0.15, 0.2) is 54.9 Å². The maximum atomic E-state index is 11.7. The van der Waals surface area contributed by atoms with E-state index in [1.165, 1.54) is 5.56 Å². The molecule has 0 amide bonds. The van der Waals surface area contributed by atoms with E-state index >= 15 is 0 Å². The van der Waals surface area contributed by atoms with Gasteiger partial charge in [0.2, 0.25) is 0 Å². The van der Waals surface area contributed by atoms with Gasteiger partial charge in [-0.15, -0.1) is 0 Å². The summed E-state index contributed by atoms with van der Waals surface area (Å²) in [6.45, 7) is 4.37. The average Bonchev–Trinajstić information content (AvgIpc) is 2.94. The number of hydrogen-bond donors (Lipinski definition) is 1. The largest absolute Gasteiger partial charge is 0.478 e. The number of pyridine rings is 1. The number of aromatic carboxylic acids is 1. The molecular formula is C19H19NO2. The zero-order valence-corrected chi connectivity index (χ0v) is 12.8. The first-order chi connectivity index (χ1) is 10.6. The van der Waals surface area contributed by atoms with Crippen LogP contribution in [0, 0.1) is 0 Å². The van der Waals surface area contributed by atoms with Gasteiger partial charge in [0.05, 0.1) is 11.1 Å². The topological polar surface area (TPSA) is 41.7 Å². The SMILES string of the molecule is CCC(C)c1ccc(-c2cn3ccccc3c2C(=O)O)cc1. The third-order valence-corrected chi connectivity index (χ3v) is 4.30. The van der Waals surface area contributed by atoms with E-state index in [4.69, 9.17) is 0 Å². The summed E-state index contributed by atoms with van der Waals surface area (Å²) in [5, 5.41) is 9.58. The Hall–Kier alpha value is -2.55. The van der Waals surface area contributed by atoms with Crippen molar-refractivity contribution >= 4 is 11.5 Å². The van der Waals surface area contributed by atoms with Gasteiger partial charge in [-0.25, -0.2) is 4.79 Å². The van der Waals surface area contributed by atoms with Crippen LogP contribution in [0.3, 0.4) is 0 Å². The second-order valence-electron chi connectivity index (χ2n) is 5.65. The van der Waals surface area contributed by atoms with Crippen LogP contribution in [0.1, 0.15) is 42.1 Å². The molecule has 0 bridgehead atoms. The molecule has 1 atom stereocenters. The number of aromatic nitrogens is 1. The number of rotatable bonds is 4. The first-order valence-electron chi connectivity index (χ1n) is 7.55. The third-order valence-electron chi connectivity index (χ3n) is 4.30. The molecule has 0 aliphatic rings. The second-order valence-corrected chi connectivity index (χ2v) is 5.65. The van der Waals surface area contributed by atoms with Crippen LogP contribution >= 0.6 is 0 Å². The summed E-state index contributed by atoms with van der Waals surface area (Å²) in [5.74, 6) is -0.379. The Bertz CT molecular complexity index is 815. The molecule has 0 spiro atoms. The molecular weight excluding hydrogens is 274 g/mol. The molecule has 3 aromatic rings. The Morgan fingerprint density at radius 2 is 1.91 bits per heavy atom. The standard InChI is InChI=1S/C19H19NO2/c1-3-13(2)14-7-9-15(10-8-14)16-12-20-11-5-4-6-17(20)18(16)19(21)22/h4-13H,3H2,1-2H3,(H,21,22). The number of benzene rings is 1. The van der Waals surface area contributed by atoms with Gasteiger partial charge in [-0.2, -0.15) is 0 Å². The van der Waals surface area contributed by atoms with Gasteiger partial charge in [0, 0.05) is 18.0 Å². The Morgan fingerprint density at radius 1 is 1.18 bits per heavy atom. The van der Waals surface area contributed by atoms with E-state index in [9.17, 15) is 9.90 Å². The van der Waals surface area contributed by atoms with E-state index in [1.54, 1.807) is 0 Å². The highest BCUT2D eigenvalue weighted by atomic mass is 16.4. The van der Waals surface area contributed by atoms with Crippen molar-refractivity contribution in [2.75, 3.05) is 0 Å². The zero-order valence-electron chi connectivity index (χ0n) is 12.8. The Morgan fingerprint density at radius 3 is 2.55 bits per heavy atom. The van der Waals surface area contributed by atoms with Crippen molar-refractivity contribution in [3.05, 3.63) is 66.0 Å². The summed E-state index contributed by atoms with van der Waals surface area (Å²) in [7, 11) is 0. The third kappa shape index (κ3) is 2.39. The van der Waals surface area contributed by atoms with Crippen LogP contribution in [0.4, 0.5) is 0 Å². The molecule has 0 saturated carbocycles. The first-order valence-corrected chi connectivity index (χ1v) is 7.55. The lowest BCUT2D eigenvalue weighted by molar-refractivity contribution is 0.0700. The minimum atomic E-state index is -0.894. The van der Waals surface area contributed by atoms with E-state index in [0.717, 1.165) is 23.1 Å². The molecule has 0 fully saturated rings. The van der Waals surface area contributed by atoms with E-state index in [1.807, 2.05) is 47.1 Å². The summed E-state index contributed by atoms with van der Waals surface area (Å²) in [5.41, 5.74) is 4.06. The fraction of sp³-hybridized carbons (Fsp3) is 0.211. The van der Waals surface area contributed by atoms with Crippen LogP contribution in [0.5, 0.6) is 0 Å². The van der Waals surface area contributed by atoms with Crippen molar-refractivity contribution in [1.82, 2.24) is 4.40 Å². The highest BCUT2D eigenvalue weighted by Crippen LogP contribution is 2.30. The quantitative estimate of drug-likeness (QED) is 0.749. The van der Waals surface area contributed by atoms with Gasteiger partial charge in [0.1, 0.15) is 0 Å². The molecule has 1 aromatic carbocycles. The molecule has 22 heavy (non-hydrogen) atoms. The Labute approximate surface area is 129 Å². The van der Waals surface area contributed by atoms with Gasteiger partial charge in [-0.3, -0.25) is 0 Å². The molecule has 0 radical (unpaired) electrons.